The van der Waals surface area contributed by atoms with Gasteiger partial charge in [-0.3, -0.25) is 0 Å². The minimum atomic E-state index is -0.992. The molecule has 3 rings (SSSR count). The number of nitrogen functional groups attached to an aromatic ring is 1. The van der Waals surface area contributed by atoms with Crippen molar-refractivity contribution in [2.45, 2.75) is 13.2 Å². The van der Waals surface area contributed by atoms with Crippen molar-refractivity contribution in [3.63, 3.8) is 0 Å². The van der Waals surface area contributed by atoms with Gasteiger partial charge >= 0.3 is 5.97 Å². The van der Waals surface area contributed by atoms with Gasteiger partial charge in [0.1, 0.15) is 30.5 Å². The van der Waals surface area contributed by atoms with Crippen molar-refractivity contribution in [2.75, 3.05) is 11.1 Å². The van der Waals surface area contributed by atoms with Gasteiger partial charge < -0.3 is 20.5 Å². The number of allylic oxidation sites excluding steroid dienone is 3. The first-order chi connectivity index (χ1) is 16.4. The average Bonchev–Trinajstić information content (AvgIpc) is 2.85. The minimum Gasteiger partial charge on any atom is -0.487 e. The Kier molecular flexibility index (Phi) is 8.18. The number of anilines is 2. The second-order valence-electron chi connectivity index (χ2n) is 7.21. The summed E-state index contributed by atoms with van der Waals surface area (Å²) in [5, 5.41) is 2.54. The fourth-order valence-electron chi connectivity index (χ4n) is 3.03. The van der Waals surface area contributed by atoms with Crippen molar-refractivity contribution in [1.29, 1.82) is 0 Å². The Hall–Kier alpha value is -4.39. The van der Waals surface area contributed by atoms with Gasteiger partial charge in [-0.15, -0.1) is 0 Å². The maximum Gasteiger partial charge on any atom is 0.340 e. The van der Waals surface area contributed by atoms with Gasteiger partial charge in [0.25, 0.3) is 0 Å². The number of ether oxygens (including phenoxy) is 2. The molecule has 174 valence electrons. The van der Waals surface area contributed by atoms with Gasteiger partial charge in [0.05, 0.1) is 16.9 Å². The first kappa shape index (κ1) is 24.3. The van der Waals surface area contributed by atoms with E-state index in [1.54, 1.807) is 24.3 Å². The summed E-state index contributed by atoms with van der Waals surface area (Å²) in [7, 11) is 0. The summed E-state index contributed by atoms with van der Waals surface area (Å²) in [4.78, 5) is 13.0. The van der Waals surface area contributed by atoms with E-state index >= 15 is 4.39 Å². The standard InChI is InChI=1S/C27H24F2N2O3/c1-3-10-22(18(2)28)31-26-21(27(32)34-17-20-13-8-5-9-14-20)15-23(25(30)24(26)29)33-16-19-11-6-4-7-12-19/h3-15,31H,1-2,16-17,30H2/b22-10+. The van der Waals surface area contributed by atoms with Crippen LogP contribution in [0.15, 0.2) is 104 Å². The lowest BCUT2D eigenvalue weighted by Crippen LogP contribution is -2.14. The molecule has 0 spiro atoms. The van der Waals surface area contributed by atoms with Crippen LogP contribution in [-0.2, 0) is 18.0 Å². The number of carbonyl (C=O) groups excluding carboxylic acids is 1. The number of hydrogen-bond donors (Lipinski definition) is 2. The van der Waals surface area contributed by atoms with Gasteiger partial charge in [-0.2, -0.15) is 0 Å². The predicted octanol–water partition coefficient (Wildman–Crippen LogP) is 6.31. The van der Waals surface area contributed by atoms with Gasteiger partial charge in [-0.1, -0.05) is 79.9 Å². The van der Waals surface area contributed by atoms with Gasteiger partial charge in [-0.25, -0.2) is 13.6 Å². The van der Waals surface area contributed by atoms with E-state index < -0.39 is 17.6 Å². The Balaban J connectivity index is 1.97. The van der Waals surface area contributed by atoms with Crippen molar-refractivity contribution in [1.82, 2.24) is 0 Å². The highest BCUT2D eigenvalue weighted by atomic mass is 19.1. The monoisotopic (exact) mass is 462 g/mol. The number of halogens is 2. The highest BCUT2D eigenvalue weighted by Crippen LogP contribution is 2.36. The van der Waals surface area contributed by atoms with Crippen molar-refractivity contribution in [3.05, 3.63) is 126 Å². The molecule has 0 amide bonds. The molecule has 0 saturated carbocycles. The molecule has 0 radical (unpaired) electrons. The third kappa shape index (κ3) is 6.10. The van der Waals surface area contributed by atoms with Crippen LogP contribution in [-0.4, -0.2) is 5.97 Å². The molecule has 0 aliphatic rings. The summed E-state index contributed by atoms with van der Waals surface area (Å²) >= 11 is 0. The van der Waals surface area contributed by atoms with E-state index in [9.17, 15) is 9.18 Å². The average molecular weight is 462 g/mol. The largest absolute Gasteiger partial charge is 0.487 e. The first-order valence-corrected chi connectivity index (χ1v) is 10.3. The Morgan fingerprint density at radius 3 is 2.18 bits per heavy atom. The van der Waals surface area contributed by atoms with Gasteiger partial charge in [0, 0.05) is 0 Å². The molecule has 0 unspecified atom stereocenters. The van der Waals surface area contributed by atoms with Gasteiger partial charge in [0.2, 0.25) is 0 Å². The van der Waals surface area contributed by atoms with E-state index in [4.69, 9.17) is 15.2 Å². The van der Waals surface area contributed by atoms with Crippen LogP contribution in [0.4, 0.5) is 20.2 Å². The van der Waals surface area contributed by atoms with Gasteiger partial charge in [-0.05, 0) is 23.3 Å². The van der Waals surface area contributed by atoms with Crippen LogP contribution in [0.5, 0.6) is 5.75 Å². The number of hydrogen-bond acceptors (Lipinski definition) is 5. The molecule has 7 heteroatoms. The summed E-state index contributed by atoms with van der Waals surface area (Å²) < 4.78 is 40.3. The van der Waals surface area contributed by atoms with E-state index in [2.05, 4.69) is 18.5 Å². The summed E-state index contributed by atoms with van der Waals surface area (Å²) in [6, 6.07) is 19.4. The number of nitrogens with one attached hydrogen (secondary N) is 1. The van der Waals surface area contributed by atoms with Crippen LogP contribution < -0.4 is 15.8 Å². The molecule has 0 aliphatic heterocycles. The zero-order valence-electron chi connectivity index (χ0n) is 18.4. The Morgan fingerprint density at radius 2 is 1.62 bits per heavy atom. The predicted molar refractivity (Wildman–Crippen MR) is 129 cm³/mol. The van der Waals surface area contributed by atoms with E-state index in [1.165, 1.54) is 18.2 Å². The molecule has 34 heavy (non-hydrogen) atoms. The molecule has 0 aliphatic carbocycles. The molecule has 0 saturated heterocycles. The lowest BCUT2D eigenvalue weighted by Gasteiger charge is -2.18. The number of rotatable bonds is 10. The lowest BCUT2D eigenvalue weighted by molar-refractivity contribution is 0.0473. The van der Waals surface area contributed by atoms with Crippen LogP contribution >= 0.6 is 0 Å². The number of carbonyl (C=O) groups is 1. The molecule has 0 bridgehead atoms. The van der Waals surface area contributed by atoms with Crippen molar-refractivity contribution in [2.24, 2.45) is 0 Å². The third-order valence-electron chi connectivity index (χ3n) is 4.77. The summed E-state index contributed by atoms with van der Waals surface area (Å²) in [5.74, 6) is -2.77. The lowest BCUT2D eigenvalue weighted by atomic mass is 10.1. The van der Waals surface area contributed by atoms with E-state index in [0.717, 1.165) is 11.1 Å². The molecule has 0 atom stereocenters. The normalized spacial score (nSPS) is 10.9. The second kappa shape index (κ2) is 11.5. The maximum absolute atomic E-state index is 15.4. The van der Waals surface area contributed by atoms with Crippen LogP contribution in [0.1, 0.15) is 21.5 Å². The third-order valence-corrected chi connectivity index (χ3v) is 4.77. The molecule has 0 heterocycles. The van der Waals surface area contributed by atoms with E-state index in [-0.39, 0.29) is 41.6 Å². The molecule has 3 N–H and O–H groups in total. The molecule has 5 nitrogen and oxygen atoms in total. The highest BCUT2D eigenvalue weighted by Gasteiger charge is 2.24. The van der Waals surface area contributed by atoms with E-state index in [1.807, 2.05) is 36.4 Å². The fraction of sp³-hybridized carbons (Fsp3) is 0.0741. The minimum absolute atomic E-state index is 0.0452. The number of nitrogens with two attached hydrogens (primary N) is 1. The Bertz CT molecular complexity index is 1210. The quantitative estimate of drug-likeness (QED) is 0.210. The first-order valence-electron chi connectivity index (χ1n) is 10.3. The molecular weight excluding hydrogens is 438 g/mol. The smallest absolute Gasteiger partial charge is 0.340 e. The Labute approximate surface area is 196 Å². The molecule has 3 aromatic carbocycles. The zero-order valence-corrected chi connectivity index (χ0v) is 18.4. The van der Waals surface area contributed by atoms with Crippen LogP contribution in [0, 0.1) is 5.82 Å². The van der Waals surface area contributed by atoms with Gasteiger partial charge in [0.15, 0.2) is 5.82 Å². The zero-order chi connectivity index (χ0) is 24.5. The molecule has 3 aromatic rings. The SMILES string of the molecule is C=C/C=C(/Nc1c(C(=O)OCc2ccccc2)cc(OCc2ccccc2)c(N)c1F)C(=C)F. The maximum atomic E-state index is 15.4. The van der Waals surface area contributed by atoms with Crippen molar-refractivity contribution < 1.29 is 23.0 Å². The summed E-state index contributed by atoms with van der Waals surface area (Å²) in [6.07, 6.45) is 2.54. The number of esters is 1. The topological polar surface area (TPSA) is 73.6 Å². The highest BCUT2D eigenvalue weighted by molar-refractivity contribution is 5.98. The molecule has 0 fully saturated rings. The second-order valence-corrected chi connectivity index (χ2v) is 7.21. The van der Waals surface area contributed by atoms with Crippen LogP contribution in [0.25, 0.3) is 0 Å². The fourth-order valence-corrected chi connectivity index (χ4v) is 3.03. The summed E-state index contributed by atoms with van der Waals surface area (Å²) in [5.41, 5.74) is 6.40. The summed E-state index contributed by atoms with van der Waals surface area (Å²) in [6.45, 7) is 6.76. The molecule has 0 aromatic heterocycles. The van der Waals surface area contributed by atoms with E-state index in [0.29, 0.717) is 0 Å². The molecular formula is C27H24F2N2O3. The van der Waals surface area contributed by atoms with Crippen molar-refractivity contribution in [3.8, 4) is 5.75 Å². The number of benzene rings is 3. The van der Waals surface area contributed by atoms with Crippen LogP contribution in [0.3, 0.4) is 0 Å². The Morgan fingerprint density at radius 1 is 1.03 bits per heavy atom. The van der Waals surface area contributed by atoms with Crippen molar-refractivity contribution >= 4 is 17.3 Å². The van der Waals surface area contributed by atoms with Crippen LogP contribution in [0.2, 0.25) is 0 Å².